The number of pyridine rings is 3. The summed E-state index contributed by atoms with van der Waals surface area (Å²) in [5.41, 5.74) is 12.8. The molecule has 5 aromatic heterocycles. The van der Waals surface area contributed by atoms with Crippen molar-refractivity contribution in [1.82, 2.24) is 23.9 Å². The molecule has 244 valence electrons. The SMILES string of the molecule is Cc1cc(C)c(-c2cn3c4cccnc4c4ccc(Oc5[c-]c6c(cc5)c5cccc7c5n6-c5ncccc5C7(C)C)[c-]c4c3n2)c(C)c1.[Pt+2]. The third-order valence-electron chi connectivity index (χ3n) is 10.3. The first kappa shape index (κ1) is 30.7. The van der Waals surface area contributed by atoms with Crippen LogP contribution in [-0.4, -0.2) is 23.9 Å². The Bertz CT molecular complexity index is 2860. The van der Waals surface area contributed by atoms with Crippen molar-refractivity contribution >= 4 is 49.3 Å². The number of imidazole rings is 1. The van der Waals surface area contributed by atoms with E-state index in [1.807, 2.05) is 36.7 Å². The molecule has 0 radical (unpaired) electrons. The molecule has 0 saturated carbocycles. The molecule has 1 aliphatic rings. The Hall–Kier alpha value is -5.32. The Labute approximate surface area is 303 Å². The van der Waals surface area contributed by atoms with Gasteiger partial charge in [-0.25, -0.2) is 4.98 Å². The zero-order valence-electron chi connectivity index (χ0n) is 28.2. The average Bonchev–Trinajstić information content (AvgIpc) is 3.67. The van der Waals surface area contributed by atoms with Crippen LogP contribution < -0.4 is 4.74 Å². The molecule has 0 aliphatic carbocycles. The van der Waals surface area contributed by atoms with Crippen molar-refractivity contribution in [3.63, 3.8) is 0 Å². The van der Waals surface area contributed by atoms with Crippen molar-refractivity contribution in [2.24, 2.45) is 0 Å². The Morgan fingerprint density at radius 2 is 1.46 bits per heavy atom. The van der Waals surface area contributed by atoms with Crippen LogP contribution in [0, 0.1) is 32.9 Å². The predicted molar refractivity (Wildman–Crippen MR) is 196 cm³/mol. The largest absolute Gasteiger partial charge is 2.00 e. The van der Waals surface area contributed by atoms with E-state index in [-0.39, 0.29) is 26.5 Å². The summed E-state index contributed by atoms with van der Waals surface area (Å²) in [4.78, 5) is 14.9. The number of aryl methyl sites for hydroxylation is 3. The standard InChI is InChI=1S/C43H31N5O.Pt/c1-24-19-25(2)38(26(3)20-24)35-23-47-36-12-8-17-44-39(36)30-16-14-27(21-32(30)41(47)46-35)49-28-13-15-29-31-9-6-10-33-40(31)48(37(29)22-28)42-34(43(33,4)5)11-7-18-45-42;/h6-20,23H,1-5H3;/q-2;+2. The third kappa shape index (κ3) is 4.21. The second-order valence-corrected chi connectivity index (χ2v) is 13.8. The van der Waals surface area contributed by atoms with Crippen molar-refractivity contribution < 1.29 is 25.8 Å². The van der Waals surface area contributed by atoms with Gasteiger partial charge in [-0.2, -0.15) is 6.07 Å². The van der Waals surface area contributed by atoms with Gasteiger partial charge in [0.25, 0.3) is 0 Å². The molecule has 0 N–H and O–H groups in total. The number of para-hydroxylation sites is 1. The van der Waals surface area contributed by atoms with Gasteiger partial charge in [-0.05, 0) is 61.0 Å². The van der Waals surface area contributed by atoms with Gasteiger partial charge in [-0.1, -0.05) is 84.2 Å². The Morgan fingerprint density at radius 1 is 0.740 bits per heavy atom. The summed E-state index contributed by atoms with van der Waals surface area (Å²) in [6.45, 7) is 11.0. The second-order valence-electron chi connectivity index (χ2n) is 13.8. The summed E-state index contributed by atoms with van der Waals surface area (Å²) in [6, 6.07) is 34.6. The first-order valence-corrected chi connectivity index (χ1v) is 16.6. The van der Waals surface area contributed by atoms with Crippen LogP contribution in [0.2, 0.25) is 0 Å². The molecule has 0 spiro atoms. The fraction of sp³-hybridized carbons (Fsp3) is 0.140. The van der Waals surface area contributed by atoms with E-state index < -0.39 is 0 Å². The monoisotopic (exact) mass is 828 g/mol. The fourth-order valence-corrected chi connectivity index (χ4v) is 8.22. The van der Waals surface area contributed by atoms with Crippen LogP contribution in [-0.2, 0) is 26.5 Å². The summed E-state index contributed by atoms with van der Waals surface area (Å²) in [5.74, 6) is 2.13. The first-order chi connectivity index (χ1) is 23.8. The topological polar surface area (TPSA) is 57.2 Å². The Morgan fingerprint density at radius 3 is 2.28 bits per heavy atom. The second kappa shape index (κ2) is 10.8. The van der Waals surface area contributed by atoms with E-state index in [1.165, 1.54) is 38.7 Å². The maximum atomic E-state index is 6.57. The molecular formula is C43H31N5OPt. The van der Waals surface area contributed by atoms with E-state index in [0.717, 1.165) is 55.4 Å². The Kier molecular flexibility index (Phi) is 6.66. The molecule has 4 aromatic carbocycles. The van der Waals surface area contributed by atoms with Gasteiger partial charge in [0.15, 0.2) is 0 Å². The molecule has 1 aliphatic heterocycles. The van der Waals surface area contributed by atoms with Gasteiger partial charge in [0.2, 0.25) is 0 Å². The molecule has 0 atom stereocenters. The molecule has 0 saturated heterocycles. The normalized spacial score (nSPS) is 13.3. The van der Waals surface area contributed by atoms with Gasteiger partial charge in [-0.15, -0.1) is 23.6 Å². The maximum absolute atomic E-state index is 6.57. The quantitative estimate of drug-likeness (QED) is 0.132. The van der Waals surface area contributed by atoms with Crippen LogP contribution in [0.25, 0.3) is 66.3 Å². The van der Waals surface area contributed by atoms with Gasteiger partial charge >= 0.3 is 21.1 Å². The molecule has 50 heavy (non-hydrogen) atoms. The van der Waals surface area contributed by atoms with Crippen molar-refractivity contribution in [3.05, 3.63) is 137 Å². The fourth-order valence-electron chi connectivity index (χ4n) is 8.22. The minimum atomic E-state index is -0.180. The van der Waals surface area contributed by atoms with Gasteiger partial charge in [0.1, 0.15) is 5.82 Å². The van der Waals surface area contributed by atoms with Gasteiger partial charge in [-0.3, -0.25) is 9.97 Å². The molecule has 0 unspecified atom stereocenters. The van der Waals surface area contributed by atoms with Gasteiger partial charge < -0.3 is 13.7 Å². The average molecular weight is 829 g/mol. The zero-order chi connectivity index (χ0) is 33.2. The molecule has 9 aromatic rings. The number of ether oxygens (including phenoxy) is 1. The van der Waals surface area contributed by atoms with E-state index in [9.17, 15) is 0 Å². The van der Waals surface area contributed by atoms with Crippen molar-refractivity contribution in [3.8, 4) is 28.6 Å². The number of aromatic nitrogens is 5. The van der Waals surface area contributed by atoms with Crippen molar-refractivity contribution in [2.45, 2.75) is 40.0 Å². The number of hydrogen-bond acceptors (Lipinski definition) is 4. The molecule has 0 amide bonds. The van der Waals surface area contributed by atoms with Crippen molar-refractivity contribution in [2.75, 3.05) is 0 Å². The molecule has 0 fully saturated rings. The van der Waals surface area contributed by atoms with E-state index in [2.05, 4.69) is 117 Å². The van der Waals surface area contributed by atoms with Gasteiger partial charge in [0, 0.05) is 52.1 Å². The van der Waals surface area contributed by atoms with Crippen LogP contribution in [0.1, 0.15) is 41.7 Å². The summed E-state index contributed by atoms with van der Waals surface area (Å²) in [6.07, 6.45) is 5.82. The number of fused-ring (bicyclic) bond motifs is 11. The molecule has 6 nitrogen and oxygen atoms in total. The van der Waals surface area contributed by atoms with Crippen LogP contribution in [0.3, 0.4) is 0 Å². The van der Waals surface area contributed by atoms with E-state index >= 15 is 0 Å². The van der Waals surface area contributed by atoms with Crippen LogP contribution in [0.4, 0.5) is 0 Å². The summed E-state index contributed by atoms with van der Waals surface area (Å²) in [7, 11) is 0. The number of rotatable bonds is 3. The molecule has 6 heterocycles. The maximum Gasteiger partial charge on any atom is 2.00 e. The summed E-state index contributed by atoms with van der Waals surface area (Å²) in [5, 5.41) is 4.14. The third-order valence-corrected chi connectivity index (χ3v) is 10.3. The van der Waals surface area contributed by atoms with Crippen LogP contribution >= 0.6 is 0 Å². The summed E-state index contributed by atoms with van der Waals surface area (Å²) >= 11 is 0. The minimum Gasteiger partial charge on any atom is -0.503 e. The zero-order valence-corrected chi connectivity index (χ0v) is 30.5. The molecule has 7 heteroatoms. The molecule has 0 bridgehead atoms. The number of benzene rings is 4. The van der Waals surface area contributed by atoms with E-state index in [4.69, 9.17) is 19.7 Å². The first-order valence-electron chi connectivity index (χ1n) is 16.6. The number of nitrogens with zero attached hydrogens (tertiary/aromatic N) is 5. The minimum absolute atomic E-state index is 0. The predicted octanol–water partition coefficient (Wildman–Crippen LogP) is 10.1. The van der Waals surface area contributed by atoms with Crippen LogP contribution in [0.5, 0.6) is 11.5 Å². The number of hydrogen-bond donors (Lipinski definition) is 0. The van der Waals surface area contributed by atoms with Crippen LogP contribution in [0.15, 0.2) is 97.5 Å². The molecular weight excluding hydrogens is 798 g/mol. The van der Waals surface area contributed by atoms with Crippen molar-refractivity contribution in [1.29, 1.82) is 0 Å². The van der Waals surface area contributed by atoms with E-state index in [1.54, 1.807) is 0 Å². The van der Waals surface area contributed by atoms with Gasteiger partial charge in [0.05, 0.1) is 22.4 Å². The Balaban J connectivity index is 0.00000336. The molecule has 10 rings (SSSR count). The van der Waals surface area contributed by atoms with E-state index in [0.29, 0.717) is 11.5 Å². The summed E-state index contributed by atoms with van der Waals surface area (Å²) < 4.78 is 11.0. The smallest absolute Gasteiger partial charge is 0.503 e.